The van der Waals surface area contributed by atoms with Crippen molar-refractivity contribution >= 4 is 5.91 Å². The van der Waals surface area contributed by atoms with Gasteiger partial charge in [-0.1, -0.05) is 43.2 Å². The van der Waals surface area contributed by atoms with Gasteiger partial charge in [-0.2, -0.15) is 0 Å². The number of ether oxygens (including phenoxy) is 2. The van der Waals surface area contributed by atoms with E-state index in [4.69, 9.17) is 9.47 Å². The minimum absolute atomic E-state index is 0.0271. The summed E-state index contributed by atoms with van der Waals surface area (Å²) in [6, 6.07) is 17.7. The van der Waals surface area contributed by atoms with Gasteiger partial charge in [0.1, 0.15) is 11.5 Å². The van der Waals surface area contributed by atoms with Crippen LogP contribution in [0.1, 0.15) is 37.3 Å². The Labute approximate surface area is 167 Å². The van der Waals surface area contributed by atoms with Crippen molar-refractivity contribution in [3.05, 3.63) is 60.2 Å². The molecular weight excluding hydrogens is 352 g/mol. The lowest BCUT2D eigenvalue weighted by molar-refractivity contribution is -0.123. The number of likely N-dealkylation sites (tertiary alicyclic amines) is 1. The zero-order valence-electron chi connectivity index (χ0n) is 16.6. The van der Waals surface area contributed by atoms with Crippen LogP contribution in [0.25, 0.3) is 0 Å². The van der Waals surface area contributed by atoms with Crippen LogP contribution in [0.3, 0.4) is 0 Å². The predicted octanol–water partition coefficient (Wildman–Crippen LogP) is 3.81. The highest BCUT2D eigenvalue weighted by atomic mass is 16.5. The number of hydrogen-bond donors (Lipinski definition) is 1. The van der Waals surface area contributed by atoms with E-state index < -0.39 is 0 Å². The number of nitrogens with one attached hydrogen (secondary N) is 1. The van der Waals surface area contributed by atoms with Crippen molar-refractivity contribution in [1.82, 2.24) is 10.2 Å². The molecule has 1 aliphatic heterocycles. The average molecular weight is 383 g/mol. The van der Waals surface area contributed by atoms with Gasteiger partial charge in [0.25, 0.3) is 5.91 Å². The summed E-state index contributed by atoms with van der Waals surface area (Å²) in [6.45, 7) is 2.73. The molecule has 1 aliphatic rings. The van der Waals surface area contributed by atoms with Crippen LogP contribution < -0.4 is 14.8 Å². The van der Waals surface area contributed by atoms with E-state index in [0.717, 1.165) is 18.8 Å². The number of amides is 1. The van der Waals surface area contributed by atoms with Crippen molar-refractivity contribution in [2.24, 2.45) is 0 Å². The van der Waals surface area contributed by atoms with Gasteiger partial charge in [-0.25, -0.2) is 0 Å². The molecule has 0 saturated carbocycles. The first-order valence-electron chi connectivity index (χ1n) is 10.1. The molecule has 1 fully saturated rings. The third-order valence-electron chi connectivity index (χ3n) is 5.19. The number of rotatable bonds is 8. The number of carbonyl (C=O) groups is 1. The highest BCUT2D eigenvalue weighted by Gasteiger charge is 2.22. The summed E-state index contributed by atoms with van der Waals surface area (Å²) in [5.74, 6) is 1.45. The summed E-state index contributed by atoms with van der Waals surface area (Å²) in [5.41, 5.74) is 1.20. The summed E-state index contributed by atoms with van der Waals surface area (Å²) in [4.78, 5) is 14.8. The molecule has 150 valence electrons. The number of benzene rings is 2. The molecule has 2 aromatic rings. The van der Waals surface area contributed by atoms with E-state index in [1.54, 1.807) is 7.11 Å². The van der Waals surface area contributed by atoms with Gasteiger partial charge >= 0.3 is 0 Å². The molecule has 28 heavy (non-hydrogen) atoms. The van der Waals surface area contributed by atoms with Crippen LogP contribution in [-0.2, 0) is 4.79 Å². The number of carbonyl (C=O) groups excluding carboxylic acids is 1. The summed E-state index contributed by atoms with van der Waals surface area (Å²) >= 11 is 0. The van der Waals surface area contributed by atoms with E-state index in [0.29, 0.717) is 12.3 Å². The summed E-state index contributed by atoms with van der Waals surface area (Å²) < 4.78 is 10.8. The first-order chi connectivity index (χ1) is 13.8. The number of hydrogen-bond acceptors (Lipinski definition) is 4. The van der Waals surface area contributed by atoms with E-state index in [1.807, 2.05) is 42.5 Å². The maximum Gasteiger partial charge on any atom is 0.258 e. The average Bonchev–Trinajstić information content (AvgIpc) is 3.03. The second kappa shape index (κ2) is 10.7. The Morgan fingerprint density at radius 1 is 0.964 bits per heavy atom. The molecule has 3 rings (SSSR count). The van der Waals surface area contributed by atoms with Gasteiger partial charge in [-0.15, -0.1) is 0 Å². The van der Waals surface area contributed by atoms with Crippen LogP contribution in [0.2, 0.25) is 0 Å². The van der Waals surface area contributed by atoms with Gasteiger partial charge in [0.15, 0.2) is 6.61 Å². The van der Waals surface area contributed by atoms with E-state index >= 15 is 0 Å². The number of nitrogens with zero attached hydrogens (tertiary/aromatic N) is 1. The lowest BCUT2D eigenvalue weighted by Gasteiger charge is -2.31. The monoisotopic (exact) mass is 382 g/mol. The Balaban J connectivity index is 1.61. The Bertz CT molecular complexity index is 710. The number of methoxy groups -OCH3 is 1. The zero-order chi connectivity index (χ0) is 19.6. The fourth-order valence-corrected chi connectivity index (χ4v) is 3.62. The van der Waals surface area contributed by atoms with Crippen molar-refractivity contribution < 1.29 is 14.3 Å². The van der Waals surface area contributed by atoms with Crippen LogP contribution in [0.15, 0.2) is 54.6 Å². The summed E-state index contributed by atoms with van der Waals surface area (Å²) in [6.07, 6.45) is 4.97. The molecule has 1 N–H and O–H groups in total. The normalized spacial score (nSPS) is 16.0. The maximum atomic E-state index is 12.3. The molecule has 0 aromatic heterocycles. The van der Waals surface area contributed by atoms with Crippen LogP contribution in [0.4, 0.5) is 0 Å². The van der Waals surface area contributed by atoms with Crippen molar-refractivity contribution in [2.45, 2.75) is 31.7 Å². The molecule has 1 saturated heterocycles. The molecule has 0 spiro atoms. The predicted molar refractivity (Wildman–Crippen MR) is 111 cm³/mol. The lowest BCUT2D eigenvalue weighted by atomic mass is 10.0. The van der Waals surface area contributed by atoms with Crippen LogP contribution in [0.5, 0.6) is 11.5 Å². The molecule has 1 heterocycles. The van der Waals surface area contributed by atoms with Gasteiger partial charge in [-0.3, -0.25) is 9.69 Å². The molecule has 0 aliphatic carbocycles. The third-order valence-corrected chi connectivity index (χ3v) is 5.19. The van der Waals surface area contributed by atoms with Crippen LogP contribution in [0, 0.1) is 0 Å². The van der Waals surface area contributed by atoms with Crippen molar-refractivity contribution in [3.8, 4) is 11.5 Å². The highest BCUT2D eigenvalue weighted by Crippen LogP contribution is 2.25. The van der Waals surface area contributed by atoms with Gasteiger partial charge in [0.05, 0.1) is 13.2 Å². The minimum Gasteiger partial charge on any atom is -0.497 e. The van der Waals surface area contributed by atoms with Crippen molar-refractivity contribution in [3.63, 3.8) is 0 Å². The van der Waals surface area contributed by atoms with E-state index in [9.17, 15) is 4.79 Å². The van der Waals surface area contributed by atoms with Gasteiger partial charge in [-0.05, 0) is 55.8 Å². The first-order valence-corrected chi connectivity index (χ1v) is 10.1. The van der Waals surface area contributed by atoms with E-state index in [-0.39, 0.29) is 18.6 Å². The Hall–Kier alpha value is -2.53. The Morgan fingerprint density at radius 3 is 2.29 bits per heavy atom. The third kappa shape index (κ3) is 5.99. The molecule has 1 atom stereocenters. The van der Waals surface area contributed by atoms with Gasteiger partial charge in [0.2, 0.25) is 0 Å². The molecule has 0 radical (unpaired) electrons. The summed E-state index contributed by atoms with van der Waals surface area (Å²) in [7, 11) is 1.67. The topological polar surface area (TPSA) is 50.8 Å². The standard InChI is InChI=1S/C23H30N2O3/c1-27-20-13-11-19(12-14-20)22(25-15-7-2-3-8-16-25)17-24-23(26)18-28-21-9-5-4-6-10-21/h4-6,9-14,22H,2-3,7-8,15-18H2,1H3,(H,24,26)/t22-/m1/s1. The summed E-state index contributed by atoms with van der Waals surface area (Å²) in [5, 5.41) is 3.06. The lowest BCUT2D eigenvalue weighted by Crippen LogP contribution is -2.40. The molecule has 1 amide bonds. The molecule has 5 nitrogen and oxygen atoms in total. The zero-order valence-corrected chi connectivity index (χ0v) is 16.6. The van der Waals surface area contributed by atoms with Gasteiger partial charge in [0, 0.05) is 6.54 Å². The van der Waals surface area contributed by atoms with Crippen molar-refractivity contribution in [2.75, 3.05) is 33.4 Å². The molecule has 0 unspecified atom stereocenters. The molecule has 0 bridgehead atoms. The highest BCUT2D eigenvalue weighted by molar-refractivity contribution is 5.77. The van der Waals surface area contributed by atoms with E-state index in [1.165, 1.54) is 31.2 Å². The van der Waals surface area contributed by atoms with Gasteiger partial charge < -0.3 is 14.8 Å². The molecule has 5 heteroatoms. The van der Waals surface area contributed by atoms with Crippen LogP contribution >= 0.6 is 0 Å². The first kappa shape index (κ1) is 20.2. The van der Waals surface area contributed by atoms with Crippen LogP contribution in [-0.4, -0.2) is 44.2 Å². The number of para-hydroxylation sites is 1. The smallest absolute Gasteiger partial charge is 0.258 e. The fraction of sp³-hybridized carbons (Fsp3) is 0.435. The molecular formula is C23H30N2O3. The Morgan fingerprint density at radius 2 is 1.64 bits per heavy atom. The Kier molecular flexibility index (Phi) is 7.73. The second-order valence-corrected chi connectivity index (χ2v) is 7.14. The fourth-order valence-electron chi connectivity index (χ4n) is 3.62. The maximum absolute atomic E-state index is 12.3. The minimum atomic E-state index is -0.0998. The SMILES string of the molecule is COc1ccc([C@@H](CNC(=O)COc2ccccc2)N2CCCCCC2)cc1. The second-order valence-electron chi connectivity index (χ2n) is 7.14. The van der Waals surface area contributed by atoms with Crippen molar-refractivity contribution in [1.29, 1.82) is 0 Å². The largest absolute Gasteiger partial charge is 0.497 e. The molecule has 2 aromatic carbocycles. The van der Waals surface area contributed by atoms with E-state index in [2.05, 4.69) is 22.3 Å². The quantitative estimate of drug-likeness (QED) is 0.754.